The third-order valence-electron chi connectivity index (χ3n) is 4.27. The molecule has 0 aromatic rings. The molecule has 9 heteroatoms. The Balaban J connectivity index is 0.000000289. The maximum Gasteiger partial charge on any atom is 0.408 e. The molecule has 2 saturated heterocycles. The normalized spacial score (nSPS) is 20.6. The van der Waals surface area contributed by atoms with Gasteiger partial charge in [-0.25, -0.2) is 4.79 Å². The molecule has 1 amide bonds. The average molecular weight is 381 g/mol. The monoisotopic (exact) mass is 381 g/mol. The molecule has 2 fully saturated rings. The number of carboxylic acids is 1. The number of carboxylic acid groups (broad SMARTS) is 1. The lowest BCUT2D eigenvalue weighted by Gasteiger charge is -2.32. The van der Waals surface area contributed by atoms with E-state index in [1.54, 1.807) is 20.8 Å². The average Bonchev–Trinajstić information content (AvgIpc) is 2.61. The van der Waals surface area contributed by atoms with Gasteiger partial charge in [-0.05, 0) is 20.8 Å². The molecule has 2 rings (SSSR count). The zero-order chi connectivity index (χ0) is 20.6. The predicted molar refractivity (Wildman–Crippen MR) is 93.5 cm³/mol. The number of carbonyl (C=O) groups excluding carboxylic acids is 1. The minimum absolute atomic E-state index is 0.304. The first-order valence-corrected chi connectivity index (χ1v) is 8.81. The highest BCUT2D eigenvalue weighted by atomic mass is 16.6. The Bertz CT molecular complexity index is 602. The van der Waals surface area contributed by atoms with E-state index in [1.165, 1.54) is 0 Å². The van der Waals surface area contributed by atoms with Crippen molar-refractivity contribution in [3.63, 3.8) is 0 Å². The fraction of sp³-hybridized carbons (Fsp3) is 0.778. The van der Waals surface area contributed by atoms with Crippen LogP contribution in [0.3, 0.4) is 0 Å². The molecule has 0 radical (unpaired) electrons. The summed E-state index contributed by atoms with van der Waals surface area (Å²) >= 11 is 0. The van der Waals surface area contributed by atoms with E-state index in [0.717, 1.165) is 0 Å². The number of nitrogens with one attached hydrogen (secondary N) is 1. The number of nitriles is 2. The van der Waals surface area contributed by atoms with Crippen molar-refractivity contribution >= 4 is 12.1 Å². The number of aliphatic carboxylic acids is 1. The van der Waals surface area contributed by atoms with E-state index >= 15 is 0 Å². The smallest absolute Gasteiger partial charge is 0.408 e. The van der Waals surface area contributed by atoms with Crippen LogP contribution in [-0.2, 0) is 19.0 Å². The molecular weight excluding hydrogens is 354 g/mol. The number of rotatable bonds is 2. The third-order valence-corrected chi connectivity index (χ3v) is 4.27. The molecule has 27 heavy (non-hydrogen) atoms. The van der Waals surface area contributed by atoms with E-state index in [0.29, 0.717) is 52.1 Å². The standard InChI is InChI=1S/C11H18N2O3.C7H9NO3/c1-10(2,3)16-9(14)13-11(8-12)4-6-15-7-5-11;8-5-7(6(9)10)1-3-11-4-2-7/h4-7H2,1-3H3,(H,13,14);1-4H2,(H,9,10). The molecule has 0 aromatic carbocycles. The largest absolute Gasteiger partial charge is 0.480 e. The van der Waals surface area contributed by atoms with Gasteiger partial charge in [0.25, 0.3) is 0 Å². The topological polar surface area (TPSA) is 142 Å². The summed E-state index contributed by atoms with van der Waals surface area (Å²) in [5.41, 5.74) is -2.56. The van der Waals surface area contributed by atoms with Gasteiger partial charge in [-0.3, -0.25) is 4.79 Å². The Morgan fingerprint density at radius 3 is 1.81 bits per heavy atom. The van der Waals surface area contributed by atoms with Crippen LogP contribution in [0.1, 0.15) is 46.5 Å². The van der Waals surface area contributed by atoms with Crippen molar-refractivity contribution in [3.8, 4) is 12.1 Å². The molecule has 0 atom stereocenters. The van der Waals surface area contributed by atoms with Crippen molar-refractivity contribution in [1.29, 1.82) is 10.5 Å². The van der Waals surface area contributed by atoms with Crippen molar-refractivity contribution in [2.75, 3.05) is 26.4 Å². The second-order valence-electron chi connectivity index (χ2n) is 7.54. The highest BCUT2D eigenvalue weighted by Crippen LogP contribution is 2.29. The molecule has 0 unspecified atom stereocenters. The maximum atomic E-state index is 11.6. The Morgan fingerprint density at radius 1 is 1.00 bits per heavy atom. The van der Waals surface area contributed by atoms with Gasteiger partial charge in [-0.15, -0.1) is 0 Å². The van der Waals surface area contributed by atoms with Crippen LogP contribution < -0.4 is 5.32 Å². The molecule has 0 aromatic heterocycles. The summed E-state index contributed by atoms with van der Waals surface area (Å²) in [5.74, 6) is -1.02. The highest BCUT2D eigenvalue weighted by Gasteiger charge is 2.40. The van der Waals surface area contributed by atoms with E-state index in [9.17, 15) is 9.59 Å². The van der Waals surface area contributed by atoms with Crippen LogP contribution in [0.2, 0.25) is 0 Å². The van der Waals surface area contributed by atoms with Crippen LogP contribution >= 0.6 is 0 Å². The molecule has 2 aliphatic heterocycles. The van der Waals surface area contributed by atoms with E-state index in [-0.39, 0.29) is 0 Å². The number of hydrogen-bond donors (Lipinski definition) is 2. The molecular formula is C18H27N3O6. The van der Waals surface area contributed by atoms with E-state index < -0.39 is 28.6 Å². The third kappa shape index (κ3) is 7.05. The van der Waals surface area contributed by atoms with Gasteiger partial charge in [0.1, 0.15) is 11.1 Å². The van der Waals surface area contributed by atoms with Crippen LogP contribution in [-0.4, -0.2) is 54.7 Å². The summed E-state index contributed by atoms with van der Waals surface area (Å²) < 4.78 is 15.3. The lowest BCUT2D eigenvalue weighted by atomic mass is 9.82. The Kier molecular flexibility index (Phi) is 8.01. The molecule has 2 N–H and O–H groups in total. The highest BCUT2D eigenvalue weighted by molar-refractivity contribution is 5.78. The number of alkyl carbamates (subject to hydrolysis) is 1. The van der Waals surface area contributed by atoms with Crippen molar-refractivity contribution in [2.24, 2.45) is 5.41 Å². The van der Waals surface area contributed by atoms with Crippen LogP contribution in [0.25, 0.3) is 0 Å². The maximum absolute atomic E-state index is 11.6. The van der Waals surface area contributed by atoms with Gasteiger partial charge in [-0.1, -0.05) is 0 Å². The van der Waals surface area contributed by atoms with Crippen LogP contribution in [0.15, 0.2) is 0 Å². The number of ether oxygens (including phenoxy) is 3. The van der Waals surface area contributed by atoms with Gasteiger partial charge in [-0.2, -0.15) is 10.5 Å². The lowest BCUT2D eigenvalue weighted by molar-refractivity contribution is -0.150. The number of nitrogens with zero attached hydrogens (tertiary/aromatic N) is 2. The number of carbonyl (C=O) groups is 2. The first-order chi connectivity index (χ1) is 12.6. The predicted octanol–water partition coefficient (Wildman–Crippen LogP) is 1.98. The van der Waals surface area contributed by atoms with E-state index in [4.69, 9.17) is 29.8 Å². The van der Waals surface area contributed by atoms with Crippen molar-refractivity contribution in [2.45, 2.75) is 57.6 Å². The van der Waals surface area contributed by atoms with E-state index in [1.807, 2.05) is 6.07 Å². The summed E-state index contributed by atoms with van der Waals surface area (Å²) in [6, 6.07) is 3.98. The molecule has 2 aliphatic rings. The minimum atomic E-state index is -1.18. The molecule has 2 heterocycles. The zero-order valence-corrected chi connectivity index (χ0v) is 16.0. The van der Waals surface area contributed by atoms with Crippen LogP contribution in [0.4, 0.5) is 4.79 Å². The summed E-state index contributed by atoms with van der Waals surface area (Å²) in [5, 5.41) is 29.1. The lowest BCUT2D eigenvalue weighted by Crippen LogP contribution is -2.52. The molecule has 9 nitrogen and oxygen atoms in total. The van der Waals surface area contributed by atoms with Gasteiger partial charge < -0.3 is 24.6 Å². The van der Waals surface area contributed by atoms with E-state index in [2.05, 4.69) is 11.4 Å². The summed E-state index contributed by atoms with van der Waals surface area (Å²) in [6.07, 6.45) is 1.07. The number of amides is 1. The van der Waals surface area contributed by atoms with Crippen molar-refractivity contribution < 1.29 is 28.9 Å². The first kappa shape index (κ1) is 22.7. The van der Waals surface area contributed by atoms with Crippen LogP contribution in [0, 0.1) is 28.1 Å². The molecule has 0 bridgehead atoms. The Hall–Kier alpha value is -2.36. The van der Waals surface area contributed by atoms with Gasteiger partial charge in [0.05, 0.1) is 12.1 Å². The van der Waals surface area contributed by atoms with Crippen LogP contribution in [0.5, 0.6) is 0 Å². The summed E-state index contributed by atoms with van der Waals surface area (Å²) in [7, 11) is 0. The molecule has 0 spiro atoms. The van der Waals surface area contributed by atoms with Gasteiger partial charge in [0, 0.05) is 52.1 Å². The van der Waals surface area contributed by atoms with Crippen molar-refractivity contribution in [3.05, 3.63) is 0 Å². The SMILES string of the molecule is CC(C)(C)OC(=O)NC1(C#N)CCOCC1.N#CC1(C(=O)O)CCOCC1. The summed E-state index contributed by atoms with van der Waals surface area (Å²) in [6.45, 7) is 7.09. The fourth-order valence-electron chi connectivity index (χ4n) is 2.58. The molecule has 0 saturated carbocycles. The quantitative estimate of drug-likeness (QED) is 0.739. The van der Waals surface area contributed by atoms with Gasteiger partial charge in [0.2, 0.25) is 0 Å². The van der Waals surface area contributed by atoms with Gasteiger partial charge >= 0.3 is 12.1 Å². The Labute approximate surface area is 159 Å². The summed E-state index contributed by atoms with van der Waals surface area (Å²) in [4.78, 5) is 22.2. The minimum Gasteiger partial charge on any atom is -0.480 e. The zero-order valence-electron chi connectivity index (χ0n) is 16.0. The Morgan fingerprint density at radius 2 is 1.48 bits per heavy atom. The first-order valence-electron chi connectivity index (χ1n) is 8.81. The van der Waals surface area contributed by atoms with Crippen molar-refractivity contribution in [1.82, 2.24) is 5.32 Å². The van der Waals surface area contributed by atoms with Gasteiger partial charge in [0.15, 0.2) is 5.41 Å². The molecule has 150 valence electrons. The second-order valence-corrected chi connectivity index (χ2v) is 7.54. The molecule has 0 aliphatic carbocycles. The fourth-order valence-corrected chi connectivity index (χ4v) is 2.58. The number of hydrogen-bond acceptors (Lipinski definition) is 7. The second kappa shape index (κ2) is 9.54.